The van der Waals surface area contributed by atoms with Gasteiger partial charge in [-0.1, -0.05) is 107 Å². The Balaban J connectivity index is 1.58. The monoisotopic (exact) mass is 516 g/mol. The van der Waals surface area contributed by atoms with Crippen LogP contribution in [0.2, 0.25) is 0 Å². The number of carboxylic acid groups (broad SMARTS) is 2. The third-order valence-corrected chi connectivity index (χ3v) is 7.82. The number of benzene rings is 4. The van der Waals surface area contributed by atoms with Crippen LogP contribution in [0.15, 0.2) is 119 Å². The van der Waals surface area contributed by atoms with E-state index in [9.17, 15) is 19.8 Å². The van der Waals surface area contributed by atoms with Crippen molar-refractivity contribution in [1.82, 2.24) is 0 Å². The quantitative estimate of drug-likeness (QED) is 0.220. The molecule has 0 aliphatic carbocycles. The predicted octanol–water partition coefficient (Wildman–Crippen LogP) is 7.86. The summed E-state index contributed by atoms with van der Waals surface area (Å²) in [6.07, 6.45) is -2.09. The van der Waals surface area contributed by atoms with E-state index in [4.69, 9.17) is 0 Å². The lowest BCUT2D eigenvalue weighted by molar-refractivity contribution is 0.200. The van der Waals surface area contributed by atoms with Gasteiger partial charge in [-0.2, -0.15) is 0 Å². The molecule has 8 heteroatoms. The maximum absolute atomic E-state index is 12.2. The molecule has 0 spiro atoms. The van der Waals surface area contributed by atoms with E-state index in [2.05, 4.69) is 0 Å². The Morgan fingerprint density at radius 3 is 1.22 bits per heavy atom. The lowest BCUT2D eigenvalue weighted by Gasteiger charge is -2.23. The number of hydrogen-bond acceptors (Lipinski definition) is 4. The van der Waals surface area contributed by atoms with Gasteiger partial charge in [0, 0.05) is 9.79 Å². The van der Waals surface area contributed by atoms with Crippen molar-refractivity contribution in [1.29, 1.82) is 0 Å². The Bertz CT molecular complexity index is 1220. The molecule has 0 unspecified atom stereocenters. The highest BCUT2D eigenvalue weighted by molar-refractivity contribution is 8.76. The first-order chi connectivity index (χ1) is 17.5. The van der Waals surface area contributed by atoms with E-state index in [1.807, 2.05) is 97.1 Å². The molecular formula is C28H24N2O4S2. The first-order valence-corrected chi connectivity index (χ1v) is 13.3. The fraction of sp³-hybridized carbons (Fsp3) is 0.0714. The second-order valence-electron chi connectivity index (χ2n) is 7.81. The average Bonchev–Trinajstić information content (AvgIpc) is 2.90. The molecule has 0 saturated carbocycles. The molecule has 0 radical (unpaired) electrons. The van der Waals surface area contributed by atoms with Gasteiger partial charge in [-0.3, -0.25) is 9.80 Å². The summed E-state index contributed by atoms with van der Waals surface area (Å²) in [5.74, 6) is 0. The molecule has 4 aromatic carbocycles. The number of para-hydroxylation sites is 2. The number of hydrogen-bond donors (Lipinski definition) is 2. The molecule has 0 aliphatic heterocycles. The molecule has 4 aromatic rings. The van der Waals surface area contributed by atoms with Crippen LogP contribution in [0.1, 0.15) is 11.1 Å². The zero-order valence-corrected chi connectivity index (χ0v) is 20.9. The van der Waals surface area contributed by atoms with Gasteiger partial charge >= 0.3 is 12.2 Å². The molecule has 0 fully saturated rings. The van der Waals surface area contributed by atoms with Crippen LogP contribution in [-0.4, -0.2) is 22.4 Å². The minimum atomic E-state index is -1.04. The van der Waals surface area contributed by atoms with Crippen molar-refractivity contribution in [2.24, 2.45) is 0 Å². The Morgan fingerprint density at radius 1 is 0.528 bits per heavy atom. The predicted molar refractivity (Wildman–Crippen MR) is 146 cm³/mol. The van der Waals surface area contributed by atoms with Crippen LogP contribution in [0.3, 0.4) is 0 Å². The van der Waals surface area contributed by atoms with E-state index in [1.165, 1.54) is 31.4 Å². The van der Waals surface area contributed by atoms with Crippen molar-refractivity contribution in [3.63, 3.8) is 0 Å². The molecule has 0 heterocycles. The van der Waals surface area contributed by atoms with Gasteiger partial charge in [0.05, 0.1) is 24.5 Å². The van der Waals surface area contributed by atoms with Crippen molar-refractivity contribution < 1.29 is 19.8 Å². The zero-order valence-electron chi connectivity index (χ0n) is 19.2. The highest BCUT2D eigenvalue weighted by Gasteiger charge is 2.21. The maximum Gasteiger partial charge on any atom is 0.412 e. The van der Waals surface area contributed by atoms with Crippen molar-refractivity contribution in [2.45, 2.75) is 22.9 Å². The van der Waals surface area contributed by atoms with Gasteiger partial charge in [-0.15, -0.1) is 0 Å². The third-order valence-electron chi connectivity index (χ3n) is 5.36. The Labute approximate surface area is 217 Å². The van der Waals surface area contributed by atoms with E-state index >= 15 is 0 Å². The number of amides is 2. The zero-order chi connectivity index (χ0) is 25.3. The van der Waals surface area contributed by atoms with E-state index in [-0.39, 0.29) is 13.1 Å². The van der Waals surface area contributed by atoms with E-state index in [0.717, 1.165) is 20.9 Å². The molecule has 0 atom stereocenters. The van der Waals surface area contributed by atoms with Crippen LogP contribution in [0.25, 0.3) is 0 Å². The first-order valence-electron chi connectivity index (χ1n) is 11.1. The average molecular weight is 517 g/mol. The van der Waals surface area contributed by atoms with Crippen molar-refractivity contribution in [2.75, 3.05) is 9.80 Å². The molecule has 6 nitrogen and oxygen atoms in total. The minimum absolute atomic E-state index is 0.221. The summed E-state index contributed by atoms with van der Waals surface area (Å²) in [7, 11) is 2.80. The smallest absolute Gasteiger partial charge is 0.412 e. The fourth-order valence-corrected chi connectivity index (χ4v) is 5.99. The summed E-state index contributed by atoms with van der Waals surface area (Å²) < 4.78 is 0. The Morgan fingerprint density at radius 2 is 0.861 bits per heavy atom. The van der Waals surface area contributed by atoms with Gasteiger partial charge in [-0.25, -0.2) is 9.59 Å². The van der Waals surface area contributed by atoms with Crippen molar-refractivity contribution in [3.8, 4) is 0 Å². The summed E-state index contributed by atoms with van der Waals surface area (Å²) >= 11 is 0. The molecular weight excluding hydrogens is 492 g/mol. The normalized spacial score (nSPS) is 10.6. The number of rotatable bonds is 9. The second kappa shape index (κ2) is 12.2. The molecule has 0 aromatic heterocycles. The van der Waals surface area contributed by atoms with Gasteiger partial charge in [0.1, 0.15) is 0 Å². The summed E-state index contributed by atoms with van der Waals surface area (Å²) in [5, 5.41) is 19.9. The topological polar surface area (TPSA) is 81.1 Å². The van der Waals surface area contributed by atoms with E-state index < -0.39 is 12.2 Å². The van der Waals surface area contributed by atoms with Crippen LogP contribution in [0.5, 0.6) is 0 Å². The van der Waals surface area contributed by atoms with Crippen molar-refractivity contribution >= 4 is 45.1 Å². The van der Waals surface area contributed by atoms with Crippen LogP contribution in [-0.2, 0) is 13.1 Å². The summed E-state index contributed by atoms with van der Waals surface area (Å²) in [6.45, 7) is 0.442. The summed E-state index contributed by atoms with van der Waals surface area (Å²) in [6, 6.07) is 33.5. The molecule has 0 bridgehead atoms. The lowest BCUT2D eigenvalue weighted by atomic mass is 10.2. The standard InChI is InChI=1S/C28H24N2O4S2/c31-27(32)29(19-21-11-3-1-4-12-21)23-15-7-9-17-25(23)35-36-26-18-10-8-16-24(26)30(28(33)34)20-22-13-5-2-6-14-22/h1-18H,19-20H2,(H,31,32)(H,33,34). The van der Waals surface area contributed by atoms with Crippen LogP contribution < -0.4 is 9.80 Å². The fourth-order valence-electron chi connectivity index (χ4n) is 3.63. The highest BCUT2D eigenvalue weighted by atomic mass is 33.1. The first kappa shape index (κ1) is 25.2. The summed E-state index contributed by atoms with van der Waals surface area (Å²) in [5.41, 5.74) is 2.91. The Hall–Kier alpha value is -3.88. The third kappa shape index (κ3) is 6.41. The number of anilines is 2. The molecule has 0 aliphatic rings. The molecule has 0 saturated heterocycles. The Kier molecular flexibility index (Phi) is 8.54. The highest BCUT2D eigenvalue weighted by Crippen LogP contribution is 2.45. The van der Waals surface area contributed by atoms with Gasteiger partial charge in [0.25, 0.3) is 0 Å². The van der Waals surface area contributed by atoms with Gasteiger partial charge in [0.15, 0.2) is 0 Å². The molecule has 2 amide bonds. The molecule has 4 rings (SSSR count). The van der Waals surface area contributed by atoms with Gasteiger partial charge < -0.3 is 10.2 Å². The maximum atomic E-state index is 12.2. The van der Waals surface area contributed by atoms with E-state index in [1.54, 1.807) is 12.1 Å². The molecule has 2 N–H and O–H groups in total. The van der Waals surface area contributed by atoms with E-state index in [0.29, 0.717) is 11.4 Å². The molecule has 36 heavy (non-hydrogen) atoms. The van der Waals surface area contributed by atoms with Gasteiger partial charge in [-0.05, 0) is 35.4 Å². The molecule has 182 valence electrons. The number of nitrogens with zero attached hydrogens (tertiary/aromatic N) is 2. The lowest BCUT2D eigenvalue weighted by Crippen LogP contribution is -2.29. The van der Waals surface area contributed by atoms with Gasteiger partial charge in [0.2, 0.25) is 0 Å². The van der Waals surface area contributed by atoms with Crippen molar-refractivity contribution in [3.05, 3.63) is 120 Å². The van der Waals surface area contributed by atoms with Crippen LogP contribution in [0.4, 0.5) is 21.0 Å². The minimum Gasteiger partial charge on any atom is -0.465 e. The van der Waals surface area contributed by atoms with Crippen LogP contribution in [0, 0.1) is 0 Å². The summed E-state index contributed by atoms with van der Waals surface area (Å²) in [4.78, 5) is 28.5. The largest absolute Gasteiger partial charge is 0.465 e. The number of carbonyl (C=O) groups is 2. The SMILES string of the molecule is O=C(O)N(Cc1ccccc1)c1ccccc1SSc1ccccc1N(Cc1ccccc1)C(=O)O. The van der Waals surface area contributed by atoms with Crippen LogP contribution >= 0.6 is 21.6 Å². The second-order valence-corrected chi connectivity index (χ2v) is 10.0.